The summed E-state index contributed by atoms with van der Waals surface area (Å²) in [6, 6.07) is 12.1. The number of benzene rings is 2. The van der Waals surface area contributed by atoms with Crippen LogP contribution in [0.25, 0.3) is 0 Å². The van der Waals surface area contributed by atoms with E-state index in [1.807, 2.05) is 13.0 Å². The topological polar surface area (TPSA) is 52.9 Å². The summed E-state index contributed by atoms with van der Waals surface area (Å²) in [6.07, 6.45) is 0. The molecule has 0 heterocycles. The monoisotopic (exact) mass is 412 g/mol. The van der Waals surface area contributed by atoms with Crippen molar-refractivity contribution in [3.63, 3.8) is 0 Å². The van der Waals surface area contributed by atoms with E-state index in [1.165, 1.54) is 0 Å². The molecule has 1 N–H and O–H groups in total. The fourth-order valence-electron chi connectivity index (χ4n) is 2.87. The summed E-state index contributed by atoms with van der Waals surface area (Å²) in [5.74, 6) is -1.37. The first kappa shape index (κ1) is 18.4. The molecule has 0 aromatic heterocycles. The number of halogens is 4. The highest BCUT2D eigenvalue weighted by Gasteiger charge is 2.67. The van der Waals surface area contributed by atoms with Gasteiger partial charge in [-0.3, -0.25) is 4.79 Å². The second-order valence-electron chi connectivity index (χ2n) is 5.97. The third kappa shape index (κ3) is 3.59. The van der Waals surface area contributed by atoms with Crippen molar-refractivity contribution >= 4 is 58.0 Å². The van der Waals surface area contributed by atoms with Gasteiger partial charge in [0.15, 0.2) is 0 Å². The van der Waals surface area contributed by atoms with Crippen LogP contribution >= 0.6 is 46.4 Å². The second kappa shape index (κ2) is 6.70. The van der Waals surface area contributed by atoms with Crippen molar-refractivity contribution in [1.82, 2.24) is 0 Å². The van der Waals surface area contributed by atoms with Crippen LogP contribution in [0.4, 0.5) is 5.69 Å². The van der Waals surface area contributed by atoms with E-state index < -0.39 is 16.2 Å². The first-order chi connectivity index (χ1) is 11.7. The van der Waals surface area contributed by atoms with Gasteiger partial charge in [-0.15, -0.1) is 23.2 Å². The largest absolute Gasteiger partial charge is 0.326 e. The van der Waals surface area contributed by atoms with E-state index in [0.29, 0.717) is 26.9 Å². The van der Waals surface area contributed by atoms with Crippen LogP contribution in [-0.2, 0) is 4.79 Å². The van der Waals surface area contributed by atoms with Gasteiger partial charge in [0.2, 0.25) is 5.91 Å². The summed E-state index contributed by atoms with van der Waals surface area (Å²) >= 11 is 24.7. The summed E-state index contributed by atoms with van der Waals surface area (Å²) in [5.41, 5.74) is 2.53. The normalized spacial score (nSPS) is 20.6. The molecule has 3 nitrogen and oxygen atoms in total. The Bertz CT molecular complexity index is 904. The number of hydrogen-bond acceptors (Lipinski definition) is 2. The van der Waals surface area contributed by atoms with Crippen molar-refractivity contribution in [2.24, 2.45) is 5.92 Å². The number of nitrogens with one attached hydrogen (secondary N) is 1. The quantitative estimate of drug-likeness (QED) is 0.656. The van der Waals surface area contributed by atoms with Crippen molar-refractivity contribution in [3.05, 3.63) is 63.1 Å². The first-order valence-electron chi connectivity index (χ1n) is 7.39. The molecule has 128 valence electrons. The van der Waals surface area contributed by atoms with Crippen LogP contribution in [0, 0.1) is 24.2 Å². The molecule has 0 saturated heterocycles. The summed E-state index contributed by atoms with van der Waals surface area (Å²) in [6.45, 7) is 1.85. The van der Waals surface area contributed by atoms with Crippen LogP contribution in [0.15, 0.2) is 36.4 Å². The predicted molar refractivity (Wildman–Crippen MR) is 102 cm³/mol. The Kier molecular flexibility index (Phi) is 4.92. The van der Waals surface area contributed by atoms with E-state index in [-0.39, 0.29) is 5.91 Å². The van der Waals surface area contributed by atoms with E-state index >= 15 is 0 Å². The molecule has 2 aromatic carbocycles. The number of carbonyl (C=O) groups is 1. The van der Waals surface area contributed by atoms with Gasteiger partial charge in [-0.25, -0.2) is 0 Å². The molecular weight excluding hydrogens is 402 g/mol. The number of nitrogens with zero attached hydrogens (tertiary/aromatic N) is 1. The predicted octanol–water partition coefficient (Wildman–Crippen LogP) is 5.70. The van der Waals surface area contributed by atoms with Crippen molar-refractivity contribution in [1.29, 1.82) is 5.26 Å². The smallest absolute Gasteiger partial charge is 0.231 e. The van der Waals surface area contributed by atoms with Crippen molar-refractivity contribution in [2.45, 2.75) is 17.2 Å². The molecule has 7 heteroatoms. The third-order valence-corrected chi connectivity index (χ3v) is 5.75. The molecule has 2 aromatic rings. The lowest BCUT2D eigenvalue weighted by Crippen LogP contribution is -2.17. The van der Waals surface area contributed by atoms with E-state index in [1.54, 1.807) is 36.4 Å². The summed E-state index contributed by atoms with van der Waals surface area (Å²) in [7, 11) is 0. The van der Waals surface area contributed by atoms with Crippen LogP contribution in [0.2, 0.25) is 10.0 Å². The minimum atomic E-state index is -1.25. The van der Waals surface area contributed by atoms with Crippen molar-refractivity contribution in [3.8, 4) is 6.07 Å². The number of rotatable bonds is 3. The fourth-order valence-corrected chi connectivity index (χ4v) is 4.06. The summed E-state index contributed by atoms with van der Waals surface area (Å²) in [4.78, 5) is 12.6. The number of aryl methyl sites for hydroxylation is 1. The van der Waals surface area contributed by atoms with Crippen molar-refractivity contribution < 1.29 is 4.79 Å². The van der Waals surface area contributed by atoms with Gasteiger partial charge in [-0.2, -0.15) is 5.26 Å². The van der Waals surface area contributed by atoms with Gasteiger partial charge >= 0.3 is 0 Å². The Morgan fingerprint density at radius 2 is 1.92 bits per heavy atom. The van der Waals surface area contributed by atoms with Gasteiger partial charge in [-0.1, -0.05) is 23.2 Å². The zero-order valence-electron chi connectivity index (χ0n) is 13.0. The number of alkyl halides is 2. The molecule has 3 rings (SSSR count). The van der Waals surface area contributed by atoms with E-state index in [0.717, 1.165) is 5.56 Å². The maximum atomic E-state index is 12.6. The highest BCUT2D eigenvalue weighted by atomic mass is 35.5. The standard InChI is InChI=1S/C18H12Cl4N2O/c1-9-4-13(2-3-14(9)20)24-17(25)16-15(18(16,21)22)11-5-10(8-23)6-12(19)7-11/h2-7,15-16H,1H3,(H,24,25). The fraction of sp³-hybridized carbons (Fsp3) is 0.222. The first-order valence-corrected chi connectivity index (χ1v) is 8.90. The van der Waals surface area contributed by atoms with Crippen molar-refractivity contribution in [2.75, 3.05) is 5.32 Å². The lowest BCUT2D eigenvalue weighted by atomic mass is 10.1. The summed E-state index contributed by atoms with van der Waals surface area (Å²) in [5, 5.41) is 12.9. The van der Waals surface area contributed by atoms with Crippen LogP contribution in [0.3, 0.4) is 0 Å². The Morgan fingerprint density at radius 1 is 1.20 bits per heavy atom. The Balaban J connectivity index is 1.83. The Labute approximate surface area is 165 Å². The van der Waals surface area contributed by atoms with Gasteiger partial charge in [0.05, 0.1) is 17.6 Å². The van der Waals surface area contributed by atoms with Gasteiger partial charge in [0.1, 0.15) is 4.33 Å². The molecule has 1 saturated carbocycles. The molecule has 2 atom stereocenters. The SMILES string of the molecule is Cc1cc(NC(=O)C2C(c3cc(Cl)cc(C#N)c3)C2(Cl)Cl)ccc1Cl. The third-order valence-electron chi connectivity index (χ3n) is 4.17. The van der Waals surface area contributed by atoms with Gasteiger partial charge in [-0.05, 0) is 54.4 Å². The Morgan fingerprint density at radius 3 is 2.56 bits per heavy atom. The molecule has 0 radical (unpaired) electrons. The molecule has 0 spiro atoms. The number of hydrogen-bond donors (Lipinski definition) is 1. The van der Waals surface area contributed by atoms with Crippen LogP contribution in [0.5, 0.6) is 0 Å². The highest BCUT2D eigenvalue weighted by Crippen LogP contribution is 2.65. The average Bonchev–Trinajstić information content (AvgIpc) is 3.13. The van der Waals surface area contributed by atoms with Crippen LogP contribution < -0.4 is 5.32 Å². The lowest BCUT2D eigenvalue weighted by Gasteiger charge is -2.07. The van der Waals surface area contributed by atoms with Crippen LogP contribution in [-0.4, -0.2) is 10.2 Å². The zero-order chi connectivity index (χ0) is 18.4. The second-order valence-corrected chi connectivity index (χ2v) is 8.26. The minimum absolute atomic E-state index is 0.296. The molecule has 1 aliphatic rings. The number of anilines is 1. The Hall–Kier alpha value is -1.44. The molecule has 2 unspecified atom stereocenters. The lowest BCUT2D eigenvalue weighted by molar-refractivity contribution is -0.117. The van der Waals surface area contributed by atoms with Gasteiger partial charge < -0.3 is 5.32 Å². The van der Waals surface area contributed by atoms with E-state index in [4.69, 9.17) is 51.7 Å². The van der Waals surface area contributed by atoms with E-state index in [9.17, 15) is 4.79 Å². The zero-order valence-corrected chi connectivity index (χ0v) is 16.0. The summed E-state index contributed by atoms with van der Waals surface area (Å²) < 4.78 is -1.25. The molecule has 1 fully saturated rings. The number of amides is 1. The van der Waals surface area contributed by atoms with Gasteiger partial charge in [0.25, 0.3) is 0 Å². The van der Waals surface area contributed by atoms with Crippen LogP contribution in [0.1, 0.15) is 22.6 Å². The van der Waals surface area contributed by atoms with E-state index in [2.05, 4.69) is 5.32 Å². The molecule has 1 amide bonds. The maximum Gasteiger partial charge on any atom is 0.231 e. The molecule has 0 aliphatic heterocycles. The number of carbonyl (C=O) groups excluding carboxylic acids is 1. The average molecular weight is 414 g/mol. The van der Waals surface area contributed by atoms with Gasteiger partial charge in [0, 0.05) is 21.7 Å². The molecular formula is C18H12Cl4N2O. The highest BCUT2D eigenvalue weighted by molar-refractivity contribution is 6.53. The maximum absolute atomic E-state index is 12.6. The molecule has 0 bridgehead atoms. The molecule has 1 aliphatic carbocycles. The molecule has 25 heavy (non-hydrogen) atoms. The minimum Gasteiger partial charge on any atom is -0.326 e. The number of nitriles is 1.